The number of ether oxygens (including phenoxy) is 1. The van der Waals surface area contributed by atoms with Gasteiger partial charge < -0.3 is 32.4 Å². The third-order valence-corrected chi connectivity index (χ3v) is 3.52. The number of aliphatic imine (C=N–C) groups is 1. The van der Waals surface area contributed by atoms with Gasteiger partial charge in [0.05, 0.1) is 7.11 Å². The molecule has 0 spiro atoms. The Morgan fingerprint density at radius 3 is 2.17 bits per heavy atom. The molecule has 0 heterocycles. The highest BCUT2D eigenvalue weighted by Crippen LogP contribution is 2.11. The lowest BCUT2D eigenvalue weighted by Gasteiger charge is -2.09. The summed E-state index contributed by atoms with van der Waals surface area (Å²) in [6, 6.07) is 7.60. The number of rotatable bonds is 9. The normalized spacial score (nSPS) is 10.3. The molecule has 8 N–H and O–H groups in total. The van der Waals surface area contributed by atoms with Gasteiger partial charge in [0.15, 0.2) is 5.96 Å². The summed E-state index contributed by atoms with van der Waals surface area (Å²) >= 11 is 0. The van der Waals surface area contributed by atoms with Crippen molar-refractivity contribution in [3.05, 3.63) is 42.0 Å². The molecule has 0 aromatic heterocycles. The number of guanidine groups is 1. The smallest absolute Gasteiger partial charge is 0.250 e. The van der Waals surface area contributed by atoms with Gasteiger partial charge in [-0.25, -0.2) is 0 Å². The fourth-order valence-electron chi connectivity index (χ4n) is 1.59. The van der Waals surface area contributed by atoms with Gasteiger partial charge in [-0.2, -0.15) is 0 Å². The lowest BCUT2D eigenvalue weighted by molar-refractivity contribution is -0.128. The van der Waals surface area contributed by atoms with Crippen LogP contribution in [0.4, 0.5) is 0 Å². The molecule has 0 bridgehead atoms. The Kier molecular flexibility index (Phi) is 18.5. The van der Waals surface area contributed by atoms with E-state index in [2.05, 4.69) is 23.8 Å². The second-order valence-electron chi connectivity index (χ2n) is 6.26. The number of allylic oxidation sites excluding steroid dienone is 1. The van der Waals surface area contributed by atoms with Crippen LogP contribution in [-0.4, -0.2) is 49.8 Å². The number of carbonyl (C=O) groups is 1. The van der Waals surface area contributed by atoms with Crippen LogP contribution in [0.3, 0.4) is 0 Å². The zero-order valence-electron chi connectivity index (χ0n) is 18.3. The molecule has 0 saturated heterocycles. The molecule has 0 aliphatic heterocycles. The first-order valence-electron chi connectivity index (χ1n) is 9.70. The summed E-state index contributed by atoms with van der Waals surface area (Å²) in [6.07, 6.45) is 1.69. The number of methoxy groups -OCH3 is 1. The highest BCUT2D eigenvalue weighted by Gasteiger charge is 2.11. The van der Waals surface area contributed by atoms with Crippen LogP contribution in [0.25, 0.3) is 0 Å². The molecule has 1 aromatic rings. The number of amides is 1. The van der Waals surface area contributed by atoms with Gasteiger partial charge in [-0.15, -0.1) is 6.58 Å². The number of hydrogen-bond donors (Lipinski definition) is 5. The largest absolute Gasteiger partial charge is 0.497 e. The number of nitrogens with two attached hydrogens (primary N) is 3. The number of aliphatic hydroxyl groups excluding tert-OH is 1. The van der Waals surface area contributed by atoms with Crippen LogP contribution in [-0.2, 0) is 11.2 Å². The van der Waals surface area contributed by atoms with Crippen molar-refractivity contribution in [2.45, 2.75) is 46.1 Å². The van der Waals surface area contributed by atoms with Crippen LogP contribution < -0.4 is 27.3 Å². The molecule has 0 fully saturated rings. The van der Waals surface area contributed by atoms with Gasteiger partial charge >= 0.3 is 0 Å². The van der Waals surface area contributed by atoms with E-state index in [9.17, 15) is 4.79 Å². The molecule has 0 saturated carbocycles. The maximum absolute atomic E-state index is 11.2. The fraction of sp³-hybridized carbons (Fsp3) is 0.524. The van der Waals surface area contributed by atoms with E-state index in [1.54, 1.807) is 7.11 Å². The number of hydrogen-bond acceptors (Lipinski definition) is 5. The maximum atomic E-state index is 11.2. The van der Waals surface area contributed by atoms with E-state index < -0.39 is 12.0 Å². The summed E-state index contributed by atoms with van der Waals surface area (Å²) in [7, 11) is 1.61. The molecule has 1 amide bonds. The van der Waals surface area contributed by atoms with Crippen molar-refractivity contribution in [2.75, 3.05) is 26.7 Å². The van der Waals surface area contributed by atoms with E-state index in [0.717, 1.165) is 30.7 Å². The zero-order valence-corrected chi connectivity index (χ0v) is 18.3. The molecule has 1 rings (SSSR count). The fourth-order valence-corrected chi connectivity index (χ4v) is 1.59. The van der Waals surface area contributed by atoms with Gasteiger partial charge in [0.1, 0.15) is 11.9 Å². The average Bonchev–Trinajstić information content (AvgIpc) is 2.72. The van der Waals surface area contributed by atoms with Gasteiger partial charge in [-0.3, -0.25) is 9.79 Å². The minimum Gasteiger partial charge on any atom is -0.497 e. The highest BCUT2D eigenvalue weighted by atomic mass is 16.5. The Morgan fingerprint density at radius 1 is 1.28 bits per heavy atom. The molecule has 29 heavy (non-hydrogen) atoms. The van der Waals surface area contributed by atoms with Crippen LogP contribution in [0.2, 0.25) is 0 Å². The minimum atomic E-state index is -1.12. The monoisotopic (exact) mass is 409 g/mol. The van der Waals surface area contributed by atoms with Crippen LogP contribution >= 0.6 is 0 Å². The topological polar surface area (TPSA) is 149 Å². The van der Waals surface area contributed by atoms with E-state index in [4.69, 9.17) is 27.0 Å². The predicted molar refractivity (Wildman–Crippen MR) is 121 cm³/mol. The standard InChI is InChI=1S/C12H18N2O3.C5H10.C4H11N3/c1-17-10-4-2-9(3-5-10)6-7-14-12(16)11(15)8-13;1-4-5(2)3;1-2-3-7-4(5)6/h2-5,11,15H,6-8,13H2,1H3,(H,14,16);2,4H2,1,3H3;2-3H2,1H3,(H4,5,6,7). The summed E-state index contributed by atoms with van der Waals surface area (Å²) in [5, 5.41) is 11.7. The Balaban J connectivity index is 0. The Hall–Kier alpha value is -2.58. The Bertz CT molecular complexity index is 584. The van der Waals surface area contributed by atoms with Crippen molar-refractivity contribution in [1.29, 1.82) is 0 Å². The molecule has 0 radical (unpaired) electrons. The van der Waals surface area contributed by atoms with E-state index in [-0.39, 0.29) is 12.5 Å². The summed E-state index contributed by atoms with van der Waals surface area (Å²) in [6.45, 7) is 11.0. The molecule has 1 aromatic carbocycles. The molecule has 166 valence electrons. The Labute approximate surface area is 175 Å². The first-order valence-corrected chi connectivity index (χ1v) is 9.70. The summed E-state index contributed by atoms with van der Waals surface area (Å²) in [5.41, 5.74) is 17.5. The third-order valence-electron chi connectivity index (χ3n) is 3.52. The van der Waals surface area contributed by atoms with Gasteiger partial charge in [0.2, 0.25) is 5.91 Å². The number of carbonyl (C=O) groups excluding carboxylic acids is 1. The minimum absolute atomic E-state index is 0.0611. The highest BCUT2D eigenvalue weighted by molar-refractivity contribution is 5.80. The van der Waals surface area contributed by atoms with Crippen molar-refractivity contribution in [3.8, 4) is 5.75 Å². The lowest BCUT2D eigenvalue weighted by atomic mass is 10.1. The summed E-state index contributed by atoms with van der Waals surface area (Å²) in [4.78, 5) is 14.9. The molecule has 1 unspecified atom stereocenters. The van der Waals surface area contributed by atoms with Gasteiger partial charge in [-0.1, -0.05) is 31.6 Å². The maximum Gasteiger partial charge on any atom is 0.250 e. The van der Waals surface area contributed by atoms with Crippen LogP contribution in [0.1, 0.15) is 39.2 Å². The van der Waals surface area contributed by atoms with E-state index in [0.29, 0.717) is 13.0 Å². The molecule has 1 atom stereocenters. The number of aliphatic hydroxyl groups is 1. The number of benzene rings is 1. The van der Waals surface area contributed by atoms with Crippen molar-refractivity contribution in [3.63, 3.8) is 0 Å². The molecule has 8 nitrogen and oxygen atoms in total. The SMILES string of the molecule is C=C(C)CC.CCCN=C(N)N.COc1ccc(CCNC(=O)C(O)CN)cc1. The second kappa shape index (κ2) is 18.8. The second-order valence-corrected chi connectivity index (χ2v) is 6.26. The summed E-state index contributed by atoms with van der Waals surface area (Å²) in [5.74, 6) is 0.555. The lowest BCUT2D eigenvalue weighted by Crippen LogP contribution is -2.39. The first-order chi connectivity index (χ1) is 13.7. The van der Waals surface area contributed by atoms with E-state index in [1.807, 2.05) is 38.1 Å². The van der Waals surface area contributed by atoms with Crippen molar-refractivity contribution in [1.82, 2.24) is 5.32 Å². The van der Waals surface area contributed by atoms with Crippen molar-refractivity contribution >= 4 is 11.9 Å². The first kappa shape index (κ1) is 28.6. The number of nitrogens with one attached hydrogen (secondary N) is 1. The van der Waals surface area contributed by atoms with Crippen molar-refractivity contribution < 1.29 is 14.6 Å². The number of nitrogens with zero attached hydrogens (tertiary/aromatic N) is 1. The molecular formula is C21H39N5O3. The average molecular weight is 410 g/mol. The molecule has 8 heteroatoms. The molecule has 0 aliphatic rings. The van der Waals surface area contributed by atoms with Gasteiger partial charge in [0, 0.05) is 19.6 Å². The van der Waals surface area contributed by atoms with E-state index in [1.165, 1.54) is 5.57 Å². The van der Waals surface area contributed by atoms with Crippen molar-refractivity contribution in [2.24, 2.45) is 22.2 Å². The quantitative estimate of drug-likeness (QED) is 0.236. The third kappa shape index (κ3) is 18.5. The van der Waals surface area contributed by atoms with Crippen LogP contribution in [0.15, 0.2) is 41.4 Å². The Morgan fingerprint density at radius 2 is 1.83 bits per heavy atom. The van der Waals surface area contributed by atoms with Crippen LogP contribution in [0.5, 0.6) is 5.75 Å². The van der Waals surface area contributed by atoms with Gasteiger partial charge in [0.25, 0.3) is 0 Å². The van der Waals surface area contributed by atoms with Crippen LogP contribution in [0, 0.1) is 0 Å². The van der Waals surface area contributed by atoms with E-state index >= 15 is 0 Å². The summed E-state index contributed by atoms with van der Waals surface area (Å²) < 4.78 is 5.04. The van der Waals surface area contributed by atoms with Gasteiger partial charge in [-0.05, 0) is 43.9 Å². The zero-order chi connectivity index (χ0) is 22.7. The molecular weight excluding hydrogens is 370 g/mol. The predicted octanol–water partition coefficient (Wildman–Crippen LogP) is 1.32. The molecule has 0 aliphatic carbocycles.